The molecule has 0 radical (unpaired) electrons. The summed E-state index contributed by atoms with van der Waals surface area (Å²) in [6, 6.07) is 2.47. The summed E-state index contributed by atoms with van der Waals surface area (Å²) in [5.41, 5.74) is 2.51. The second-order valence-electron chi connectivity index (χ2n) is 15.4. The van der Waals surface area contributed by atoms with Crippen molar-refractivity contribution in [2.45, 2.75) is 129 Å². The van der Waals surface area contributed by atoms with Crippen molar-refractivity contribution in [3.8, 4) is 0 Å². The molecule has 7 nitrogen and oxygen atoms in total. The summed E-state index contributed by atoms with van der Waals surface area (Å²) < 4.78 is 66.6. The number of rotatable bonds is 5. The van der Waals surface area contributed by atoms with Crippen LogP contribution >= 0.6 is 0 Å². The second kappa shape index (κ2) is 11.4. The van der Waals surface area contributed by atoms with Gasteiger partial charge in [-0.2, -0.15) is 13.2 Å². The van der Waals surface area contributed by atoms with Gasteiger partial charge in [-0.05, 0) is 42.1 Å². The molecule has 0 saturated carbocycles. The van der Waals surface area contributed by atoms with Crippen LogP contribution in [-0.2, 0) is 35.2 Å². The minimum atomic E-state index is -4.55. The lowest BCUT2D eigenvalue weighted by molar-refractivity contribution is -0.156. The van der Waals surface area contributed by atoms with E-state index in [1.165, 1.54) is 19.2 Å². The number of hydrogen-bond donors (Lipinski definition) is 0. The molecule has 11 heteroatoms. The Morgan fingerprint density at radius 3 is 2.24 bits per heavy atom. The summed E-state index contributed by atoms with van der Waals surface area (Å²) in [5.74, 6) is -0.447. The number of hydrogen-bond acceptors (Lipinski definition) is 7. The SMILES string of the molecule is CC(=O)O[C@H]1c2nc(C(C)C)c3c(c2[C@@H](O[Si](C)(C)C(C)(C)C)CC1(C)C)C1(CCOCC1)O[C@@H]3c1ccc(C(F)(F)F)nc1. The van der Waals surface area contributed by atoms with Gasteiger partial charge in [0.2, 0.25) is 0 Å². The first-order valence-corrected chi connectivity index (χ1v) is 18.8. The molecule has 0 aromatic carbocycles. The third-order valence-electron chi connectivity index (χ3n) is 10.1. The topological polar surface area (TPSA) is 79.8 Å². The Hall–Kier alpha value is -2.34. The first-order chi connectivity index (χ1) is 20.7. The van der Waals surface area contributed by atoms with Gasteiger partial charge in [-0.1, -0.05) is 54.5 Å². The molecule has 0 amide bonds. The predicted octanol–water partition coefficient (Wildman–Crippen LogP) is 8.84. The molecular formula is C34H47F3N2O5Si. The Balaban J connectivity index is 1.83. The highest BCUT2D eigenvalue weighted by molar-refractivity contribution is 6.74. The lowest BCUT2D eigenvalue weighted by Gasteiger charge is -2.48. The fourth-order valence-electron chi connectivity index (χ4n) is 6.82. The number of fused-ring (bicyclic) bond motifs is 4. The van der Waals surface area contributed by atoms with Crippen LogP contribution in [0, 0.1) is 5.41 Å². The third kappa shape index (κ3) is 6.10. The molecule has 1 fully saturated rings. The van der Waals surface area contributed by atoms with Gasteiger partial charge in [-0.3, -0.25) is 14.8 Å². The molecule has 2 aromatic rings. The number of halogens is 3. The van der Waals surface area contributed by atoms with Crippen molar-refractivity contribution in [2.24, 2.45) is 5.41 Å². The van der Waals surface area contributed by atoms with Crippen molar-refractivity contribution in [1.29, 1.82) is 0 Å². The van der Waals surface area contributed by atoms with Crippen molar-refractivity contribution in [1.82, 2.24) is 9.97 Å². The van der Waals surface area contributed by atoms with E-state index >= 15 is 0 Å². The first-order valence-electron chi connectivity index (χ1n) is 15.9. The lowest BCUT2D eigenvalue weighted by Crippen LogP contribution is -2.46. The predicted molar refractivity (Wildman–Crippen MR) is 166 cm³/mol. The molecule has 2 aliphatic heterocycles. The van der Waals surface area contributed by atoms with E-state index in [2.05, 4.69) is 52.7 Å². The van der Waals surface area contributed by atoms with Crippen molar-refractivity contribution >= 4 is 14.3 Å². The van der Waals surface area contributed by atoms with E-state index < -0.39 is 43.4 Å². The minimum Gasteiger partial charge on any atom is -0.455 e. The van der Waals surface area contributed by atoms with Crippen molar-refractivity contribution < 1.29 is 36.6 Å². The maximum Gasteiger partial charge on any atom is 0.433 e. The fourth-order valence-corrected chi connectivity index (χ4v) is 8.09. The summed E-state index contributed by atoms with van der Waals surface area (Å²) >= 11 is 0. The average molecular weight is 649 g/mol. The summed E-state index contributed by atoms with van der Waals surface area (Å²) in [6.45, 7) is 21.7. The molecule has 248 valence electrons. The van der Waals surface area contributed by atoms with E-state index in [9.17, 15) is 18.0 Å². The van der Waals surface area contributed by atoms with Gasteiger partial charge in [-0.25, -0.2) is 0 Å². The van der Waals surface area contributed by atoms with Crippen LogP contribution in [0.1, 0.15) is 138 Å². The van der Waals surface area contributed by atoms with Crippen LogP contribution in [0.2, 0.25) is 18.1 Å². The number of ether oxygens (including phenoxy) is 3. The number of alkyl halides is 3. The van der Waals surface area contributed by atoms with E-state index in [0.717, 1.165) is 28.5 Å². The highest BCUT2D eigenvalue weighted by Gasteiger charge is 2.56. The Labute approximate surface area is 265 Å². The minimum absolute atomic E-state index is 0.0599. The molecule has 0 unspecified atom stereocenters. The van der Waals surface area contributed by atoms with Crippen LogP contribution in [0.25, 0.3) is 0 Å². The van der Waals surface area contributed by atoms with Gasteiger partial charge in [0.05, 0.1) is 17.4 Å². The monoisotopic (exact) mass is 648 g/mol. The maximum atomic E-state index is 13.5. The Morgan fingerprint density at radius 2 is 1.73 bits per heavy atom. The molecule has 2 aromatic heterocycles. The molecular weight excluding hydrogens is 601 g/mol. The van der Waals surface area contributed by atoms with E-state index in [4.69, 9.17) is 23.6 Å². The van der Waals surface area contributed by atoms with Gasteiger partial charge >= 0.3 is 12.1 Å². The van der Waals surface area contributed by atoms with Gasteiger partial charge in [0.25, 0.3) is 0 Å². The van der Waals surface area contributed by atoms with Gasteiger partial charge in [0, 0.05) is 67.0 Å². The van der Waals surface area contributed by atoms with Gasteiger partial charge in [0.15, 0.2) is 8.32 Å². The summed E-state index contributed by atoms with van der Waals surface area (Å²) in [5, 5.41) is -0.0696. The van der Waals surface area contributed by atoms with Crippen molar-refractivity contribution in [2.75, 3.05) is 13.2 Å². The number of aromatic nitrogens is 2. The van der Waals surface area contributed by atoms with Crippen LogP contribution < -0.4 is 0 Å². The van der Waals surface area contributed by atoms with Crippen molar-refractivity contribution in [3.63, 3.8) is 0 Å². The molecule has 4 heterocycles. The summed E-state index contributed by atoms with van der Waals surface area (Å²) in [7, 11) is -2.33. The molecule has 0 bridgehead atoms. The third-order valence-corrected chi connectivity index (χ3v) is 14.6. The number of nitrogens with zero attached hydrogens (tertiary/aromatic N) is 2. The molecule has 1 aliphatic carbocycles. The zero-order valence-electron chi connectivity index (χ0n) is 28.1. The molecule has 45 heavy (non-hydrogen) atoms. The van der Waals surface area contributed by atoms with Crippen molar-refractivity contribution in [3.05, 3.63) is 57.7 Å². The molecule has 0 N–H and O–H groups in total. The van der Waals surface area contributed by atoms with Crippen LogP contribution in [-0.4, -0.2) is 37.5 Å². The number of pyridine rings is 2. The normalized spacial score (nSPS) is 24.4. The lowest BCUT2D eigenvalue weighted by atomic mass is 9.68. The molecule has 3 aliphatic rings. The number of esters is 1. The maximum absolute atomic E-state index is 13.5. The average Bonchev–Trinajstić information content (AvgIpc) is 3.23. The van der Waals surface area contributed by atoms with Crippen LogP contribution in [0.15, 0.2) is 18.3 Å². The van der Waals surface area contributed by atoms with Crippen LogP contribution in [0.3, 0.4) is 0 Å². The zero-order valence-corrected chi connectivity index (χ0v) is 29.1. The number of carbonyl (C=O) groups is 1. The van der Waals surface area contributed by atoms with Gasteiger partial charge < -0.3 is 18.6 Å². The van der Waals surface area contributed by atoms with E-state index in [-0.39, 0.29) is 23.0 Å². The van der Waals surface area contributed by atoms with Crippen LogP contribution in [0.5, 0.6) is 0 Å². The van der Waals surface area contributed by atoms with Gasteiger partial charge in [0.1, 0.15) is 17.9 Å². The first kappa shape index (κ1) is 34.0. The smallest absolute Gasteiger partial charge is 0.433 e. The molecule has 5 rings (SSSR count). The molecule has 3 atom stereocenters. The Morgan fingerprint density at radius 1 is 1.09 bits per heavy atom. The largest absolute Gasteiger partial charge is 0.455 e. The van der Waals surface area contributed by atoms with Crippen LogP contribution in [0.4, 0.5) is 13.2 Å². The fraction of sp³-hybridized carbons (Fsp3) is 0.676. The van der Waals surface area contributed by atoms with E-state index in [1.807, 2.05) is 13.8 Å². The Kier molecular flexibility index (Phi) is 8.63. The summed E-state index contributed by atoms with van der Waals surface area (Å²) in [4.78, 5) is 21.6. The highest BCUT2D eigenvalue weighted by atomic mass is 28.4. The van der Waals surface area contributed by atoms with E-state index in [0.29, 0.717) is 43.7 Å². The zero-order chi connectivity index (χ0) is 33.3. The quantitative estimate of drug-likeness (QED) is 0.237. The molecule has 1 spiro atoms. The van der Waals surface area contributed by atoms with Gasteiger partial charge in [-0.15, -0.1) is 0 Å². The van der Waals surface area contributed by atoms with E-state index in [1.54, 1.807) is 0 Å². The Bertz CT molecular complexity index is 1440. The standard InChI is InChI=1S/C34H47F3N2O5Si/c1-19(2)27-25-26(33(13-15-41-16-14-33)43-29(25)21-11-12-23(38-18-21)34(35,36)37)24-22(44-45(9,10)31(4,5)6)17-32(7,8)30(28(24)39-27)42-20(3)40/h11-12,18-19,22,29-30H,13-17H2,1-10H3/t22-,29+,30-/m0/s1. The molecule has 1 saturated heterocycles. The second-order valence-corrected chi connectivity index (χ2v) is 20.1. The number of carbonyl (C=O) groups excluding carboxylic acids is 1. The highest BCUT2D eigenvalue weighted by Crippen LogP contribution is 2.61. The summed E-state index contributed by atoms with van der Waals surface area (Å²) in [6.07, 6.45) is -3.20.